The predicted molar refractivity (Wildman–Crippen MR) is 91.3 cm³/mol. The number of benzene rings is 3. The molecule has 4 aromatic rings. The summed E-state index contributed by atoms with van der Waals surface area (Å²) in [6, 6.07) is 19.6. The van der Waals surface area contributed by atoms with E-state index in [0.29, 0.717) is 17.2 Å². The minimum absolute atomic E-state index is 0.109. The van der Waals surface area contributed by atoms with Crippen molar-refractivity contribution in [3.63, 3.8) is 0 Å². The average Bonchev–Trinajstić information content (AvgIpc) is 2.96. The van der Waals surface area contributed by atoms with Crippen LogP contribution in [0, 0.1) is 0 Å². The molecule has 23 heavy (non-hydrogen) atoms. The molecule has 1 aromatic heterocycles. The fourth-order valence-corrected chi connectivity index (χ4v) is 2.74. The van der Waals surface area contributed by atoms with Gasteiger partial charge in [-0.15, -0.1) is 0 Å². The van der Waals surface area contributed by atoms with E-state index >= 15 is 0 Å². The van der Waals surface area contributed by atoms with Crippen molar-refractivity contribution in [1.29, 1.82) is 0 Å². The number of oxazole rings is 1. The van der Waals surface area contributed by atoms with E-state index in [4.69, 9.17) is 4.42 Å². The number of amides is 1. The molecule has 3 aromatic carbocycles. The van der Waals surface area contributed by atoms with Gasteiger partial charge in [0.1, 0.15) is 5.52 Å². The zero-order valence-electron chi connectivity index (χ0n) is 12.5. The van der Waals surface area contributed by atoms with Crippen LogP contribution >= 0.6 is 0 Å². The largest absolute Gasteiger partial charge is 0.436 e. The van der Waals surface area contributed by atoms with Gasteiger partial charge in [-0.3, -0.25) is 4.79 Å². The van der Waals surface area contributed by atoms with Crippen molar-refractivity contribution >= 4 is 33.5 Å². The maximum absolute atomic E-state index is 11.2. The molecule has 4 heteroatoms. The van der Waals surface area contributed by atoms with Crippen molar-refractivity contribution in [3.8, 4) is 11.5 Å². The average molecular weight is 302 g/mol. The van der Waals surface area contributed by atoms with Crippen LogP contribution in [-0.2, 0) is 4.79 Å². The summed E-state index contributed by atoms with van der Waals surface area (Å²) < 4.78 is 5.90. The fraction of sp³-hybridized carbons (Fsp3) is 0.0526. The first-order valence-electron chi connectivity index (χ1n) is 7.37. The molecule has 1 N–H and O–H groups in total. The molecular formula is C19H14N2O2. The SMILES string of the molecule is CC(=O)Nc1ccc2oc(-c3cccc4ccccc34)nc2c1. The zero-order chi connectivity index (χ0) is 15.8. The molecule has 0 aliphatic heterocycles. The van der Waals surface area contributed by atoms with Crippen LogP contribution in [0.1, 0.15) is 6.92 Å². The van der Waals surface area contributed by atoms with Crippen molar-refractivity contribution in [2.45, 2.75) is 6.92 Å². The summed E-state index contributed by atoms with van der Waals surface area (Å²) >= 11 is 0. The second-order valence-electron chi connectivity index (χ2n) is 5.41. The second kappa shape index (κ2) is 5.25. The summed E-state index contributed by atoms with van der Waals surface area (Å²) in [6.07, 6.45) is 0. The number of carbonyl (C=O) groups is 1. The van der Waals surface area contributed by atoms with E-state index in [1.807, 2.05) is 42.5 Å². The number of nitrogens with zero attached hydrogens (tertiary/aromatic N) is 1. The minimum Gasteiger partial charge on any atom is -0.436 e. The first-order valence-corrected chi connectivity index (χ1v) is 7.37. The van der Waals surface area contributed by atoms with Gasteiger partial charge in [-0.05, 0) is 35.0 Å². The van der Waals surface area contributed by atoms with E-state index in [1.54, 1.807) is 0 Å². The molecule has 0 saturated heterocycles. The smallest absolute Gasteiger partial charge is 0.227 e. The van der Waals surface area contributed by atoms with Crippen molar-refractivity contribution in [2.24, 2.45) is 0 Å². The maximum Gasteiger partial charge on any atom is 0.227 e. The summed E-state index contributed by atoms with van der Waals surface area (Å²) in [6.45, 7) is 1.48. The highest BCUT2D eigenvalue weighted by Gasteiger charge is 2.11. The van der Waals surface area contributed by atoms with Crippen molar-refractivity contribution in [1.82, 2.24) is 4.98 Å². The normalized spacial score (nSPS) is 11.0. The van der Waals surface area contributed by atoms with Crippen LogP contribution in [0.5, 0.6) is 0 Å². The molecule has 0 unspecified atom stereocenters. The highest BCUT2D eigenvalue weighted by atomic mass is 16.3. The quantitative estimate of drug-likeness (QED) is 0.588. The van der Waals surface area contributed by atoms with Crippen LogP contribution in [0.3, 0.4) is 0 Å². The number of aromatic nitrogens is 1. The van der Waals surface area contributed by atoms with E-state index in [2.05, 4.69) is 28.5 Å². The standard InChI is InChI=1S/C19H14N2O2/c1-12(22)20-14-9-10-18-17(11-14)21-19(23-18)16-8-4-6-13-5-2-3-7-15(13)16/h2-11H,1H3,(H,20,22). The lowest BCUT2D eigenvalue weighted by Crippen LogP contribution is -2.05. The molecule has 4 rings (SSSR count). The molecule has 0 fully saturated rings. The Labute approximate surface area is 132 Å². The third-order valence-corrected chi connectivity index (χ3v) is 3.73. The molecule has 0 bridgehead atoms. The van der Waals surface area contributed by atoms with Gasteiger partial charge < -0.3 is 9.73 Å². The number of nitrogens with one attached hydrogen (secondary N) is 1. The van der Waals surface area contributed by atoms with E-state index in [1.165, 1.54) is 6.92 Å². The number of hydrogen-bond acceptors (Lipinski definition) is 3. The molecule has 1 heterocycles. The summed E-state index contributed by atoms with van der Waals surface area (Å²) in [5, 5.41) is 5.00. The number of fused-ring (bicyclic) bond motifs is 2. The lowest BCUT2D eigenvalue weighted by Gasteiger charge is -2.01. The highest BCUT2D eigenvalue weighted by Crippen LogP contribution is 2.31. The molecule has 112 valence electrons. The van der Waals surface area contributed by atoms with Gasteiger partial charge in [-0.25, -0.2) is 4.98 Å². The van der Waals surface area contributed by atoms with Crippen molar-refractivity contribution in [3.05, 3.63) is 60.7 Å². The topological polar surface area (TPSA) is 55.1 Å². The van der Waals surface area contributed by atoms with Crippen molar-refractivity contribution < 1.29 is 9.21 Å². The van der Waals surface area contributed by atoms with Crippen LogP contribution in [0.4, 0.5) is 5.69 Å². The lowest BCUT2D eigenvalue weighted by atomic mass is 10.0. The Bertz CT molecular complexity index is 1030. The van der Waals surface area contributed by atoms with Gasteiger partial charge in [0.15, 0.2) is 5.58 Å². The molecule has 0 saturated carbocycles. The minimum atomic E-state index is -0.109. The van der Waals surface area contributed by atoms with Gasteiger partial charge in [0.2, 0.25) is 11.8 Å². The maximum atomic E-state index is 11.2. The van der Waals surface area contributed by atoms with E-state index in [9.17, 15) is 4.79 Å². The lowest BCUT2D eigenvalue weighted by molar-refractivity contribution is -0.114. The van der Waals surface area contributed by atoms with E-state index < -0.39 is 0 Å². The first-order chi connectivity index (χ1) is 11.2. The molecule has 1 amide bonds. The first kappa shape index (κ1) is 13.5. The van der Waals surface area contributed by atoms with Crippen LogP contribution in [-0.4, -0.2) is 10.9 Å². The van der Waals surface area contributed by atoms with E-state index in [-0.39, 0.29) is 5.91 Å². The Morgan fingerprint density at radius 3 is 2.74 bits per heavy atom. The third kappa shape index (κ3) is 2.44. The summed E-state index contributed by atoms with van der Waals surface area (Å²) in [5.74, 6) is 0.471. The molecule has 0 aliphatic carbocycles. The summed E-state index contributed by atoms with van der Waals surface area (Å²) in [5.41, 5.74) is 3.09. The van der Waals surface area contributed by atoms with Gasteiger partial charge in [0.05, 0.1) is 0 Å². The monoisotopic (exact) mass is 302 g/mol. The van der Waals surface area contributed by atoms with Crippen LogP contribution in [0.15, 0.2) is 65.1 Å². The third-order valence-electron chi connectivity index (χ3n) is 3.73. The van der Waals surface area contributed by atoms with Gasteiger partial charge >= 0.3 is 0 Å². The van der Waals surface area contributed by atoms with Crippen LogP contribution < -0.4 is 5.32 Å². The number of carbonyl (C=O) groups excluding carboxylic acids is 1. The second-order valence-corrected chi connectivity index (χ2v) is 5.41. The predicted octanol–water partition coefficient (Wildman–Crippen LogP) is 4.61. The Kier molecular flexibility index (Phi) is 3.08. The Balaban J connectivity index is 1.86. The van der Waals surface area contributed by atoms with Gasteiger partial charge in [0, 0.05) is 18.2 Å². The number of rotatable bonds is 2. The number of hydrogen-bond donors (Lipinski definition) is 1. The van der Waals surface area contributed by atoms with Crippen LogP contribution in [0.25, 0.3) is 33.3 Å². The molecule has 0 radical (unpaired) electrons. The zero-order valence-corrected chi connectivity index (χ0v) is 12.5. The molecule has 0 aliphatic rings. The molecule has 0 spiro atoms. The van der Waals surface area contributed by atoms with Gasteiger partial charge in [-0.1, -0.05) is 36.4 Å². The molecule has 4 nitrogen and oxygen atoms in total. The van der Waals surface area contributed by atoms with Crippen LogP contribution in [0.2, 0.25) is 0 Å². The molecular weight excluding hydrogens is 288 g/mol. The Morgan fingerprint density at radius 2 is 1.87 bits per heavy atom. The highest BCUT2D eigenvalue weighted by molar-refractivity contribution is 5.96. The molecule has 0 atom stereocenters. The van der Waals surface area contributed by atoms with Gasteiger partial charge in [-0.2, -0.15) is 0 Å². The van der Waals surface area contributed by atoms with Crippen molar-refractivity contribution in [2.75, 3.05) is 5.32 Å². The summed E-state index contributed by atoms with van der Waals surface area (Å²) in [7, 11) is 0. The van der Waals surface area contributed by atoms with E-state index in [0.717, 1.165) is 21.9 Å². The number of anilines is 1. The Hall–Kier alpha value is -3.14. The summed E-state index contributed by atoms with van der Waals surface area (Å²) in [4.78, 5) is 15.8. The fourth-order valence-electron chi connectivity index (χ4n) is 2.74. The Morgan fingerprint density at radius 1 is 1.04 bits per heavy atom. The van der Waals surface area contributed by atoms with Gasteiger partial charge in [0.25, 0.3) is 0 Å².